The number of aromatic nitrogens is 5. The Morgan fingerprint density at radius 2 is 1.91 bits per heavy atom. The van der Waals surface area contributed by atoms with Crippen LogP contribution in [0.5, 0.6) is 0 Å². The van der Waals surface area contributed by atoms with E-state index < -0.39 is 46.6 Å². The molecular weight excluding hydrogens is 709 g/mol. The fraction of sp³-hybridized carbons (Fsp3) is 0.382. The molecule has 0 unspecified atom stereocenters. The Morgan fingerprint density at radius 1 is 1.09 bits per heavy atom. The molecule has 2 aliphatic heterocycles. The molecule has 0 spiro atoms. The van der Waals surface area contributed by atoms with Crippen molar-refractivity contribution >= 4 is 44.7 Å². The minimum atomic E-state index is -3.95. The van der Waals surface area contributed by atoms with Gasteiger partial charge in [-0.3, -0.25) is 4.57 Å². The molecule has 7 rings (SSSR count). The van der Waals surface area contributed by atoms with Gasteiger partial charge in [-0.05, 0) is 43.0 Å². The van der Waals surface area contributed by atoms with Gasteiger partial charge in [0.2, 0.25) is 16.0 Å². The van der Waals surface area contributed by atoms with Crippen LogP contribution in [0.3, 0.4) is 0 Å². The second-order valence-corrected chi connectivity index (χ2v) is 14.6. The number of carbonyl (C=O) groups excluding carboxylic acids is 1. The number of ether oxygens (including phenoxy) is 1. The van der Waals surface area contributed by atoms with Crippen LogP contribution >= 0.6 is 0 Å². The van der Waals surface area contributed by atoms with Gasteiger partial charge in [-0.1, -0.05) is 48.5 Å². The first-order chi connectivity index (χ1) is 25.5. The molecule has 5 heterocycles. The highest BCUT2D eigenvalue weighted by atomic mass is 32.2. The van der Waals surface area contributed by atoms with Gasteiger partial charge < -0.3 is 45.4 Å². The summed E-state index contributed by atoms with van der Waals surface area (Å²) in [7, 11) is -3.95. The molecule has 18 nitrogen and oxygen atoms in total. The Labute approximate surface area is 304 Å². The fourth-order valence-corrected chi connectivity index (χ4v) is 7.06. The van der Waals surface area contributed by atoms with Crippen LogP contribution in [0.15, 0.2) is 76.4 Å². The molecule has 2 aromatic carbocycles. The fourth-order valence-electron chi connectivity index (χ4n) is 6.50. The standard InChI is InChI=1S/C34H40N10O8S/c1-2-20-15-25(52-42-20)29-27(46)28(47)32(51-29)44-18-36-26-30(37-23(17-45)13-19-7-4-3-5-8-19)40-33(41-31(26)44)43-12-11-22(16-43)39-34(48)38-21-9-6-10-24(14-21)53(35,49)50/h3-10,14-15,18,22-23,27-29,32,45-47H,2,11-13,16-17H2,1H3,(H2,35,49,50)(H,37,40,41)(H2,38,39,48)/t22-,23+,27+,28-,29-,32-/m1/s1. The Kier molecular flexibility index (Phi) is 10.3. The number of rotatable bonds is 12. The molecule has 19 heteroatoms. The number of imidazole rings is 1. The molecule has 2 amide bonds. The van der Waals surface area contributed by atoms with Crippen LogP contribution in [-0.4, -0.2) is 98.4 Å². The van der Waals surface area contributed by atoms with Crippen LogP contribution < -0.4 is 26.0 Å². The molecule has 2 aliphatic rings. The van der Waals surface area contributed by atoms with Crippen LogP contribution in [0.1, 0.15) is 42.7 Å². The first kappa shape index (κ1) is 36.2. The zero-order valence-corrected chi connectivity index (χ0v) is 29.4. The number of nitrogens with one attached hydrogen (secondary N) is 3. The predicted octanol–water partition coefficient (Wildman–Crippen LogP) is 1.43. The van der Waals surface area contributed by atoms with Gasteiger partial charge in [0.15, 0.2) is 29.0 Å². The Hall–Kier alpha value is -5.18. The summed E-state index contributed by atoms with van der Waals surface area (Å²) in [6.45, 7) is 2.49. The number of fused-ring (bicyclic) bond motifs is 1. The maximum atomic E-state index is 12.9. The van der Waals surface area contributed by atoms with E-state index in [2.05, 4.69) is 26.1 Å². The molecule has 3 aromatic heterocycles. The van der Waals surface area contributed by atoms with Crippen molar-refractivity contribution in [3.8, 4) is 0 Å². The summed E-state index contributed by atoms with van der Waals surface area (Å²) in [4.78, 5) is 28.9. The van der Waals surface area contributed by atoms with Crippen molar-refractivity contribution in [1.82, 2.24) is 30.0 Å². The molecule has 5 aromatic rings. The van der Waals surface area contributed by atoms with E-state index in [4.69, 9.17) is 24.4 Å². The van der Waals surface area contributed by atoms with Gasteiger partial charge in [-0.25, -0.2) is 23.3 Å². The SMILES string of the molecule is CCc1cc([C@H]2O[C@@H](n3cnc4c(N[C@H](CO)Cc5ccccc5)nc(N5CC[C@@H](NC(=O)Nc6cccc(S(N)(=O)=O)c6)C5)nc43)[C@H](O)[C@@H]2O)on1. The molecule has 2 fully saturated rings. The molecule has 2 saturated heterocycles. The Morgan fingerprint density at radius 3 is 2.64 bits per heavy atom. The lowest BCUT2D eigenvalue weighted by Gasteiger charge is -2.22. The van der Waals surface area contributed by atoms with E-state index in [1.807, 2.05) is 42.2 Å². The van der Waals surface area contributed by atoms with Gasteiger partial charge >= 0.3 is 6.03 Å². The van der Waals surface area contributed by atoms with Crippen molar-refractivity contribution in [2.45, 2.75) is 67.7 Å². The molecule has 0 bridgehead atoms. The summed E-state index contributed by atoms with van der Waals surface area (Å²) in [5.74, 6) is 0.896. The Balaban J connectivity index is 1.15. The number of aliphatic hydroxyl groups is 3. The number of primary sulfonamides is 1. The van der Waals surface area contributed by atoms with E-state index in [9.17, 15) is 28.5 Å². The summed E-state index contributed by atoms with van der Waals surface area (Å²) in [5.41, 5.74) is 2.57. The second-order valence-electron chi connectivity index (χ2n) is 13.0. The monoisotopic (exact) mass is 748 g/mol. The molecule has 8 N–H and O–H groups in total. The maximum absolute atomic E-state index is 12.9. The number of aliphatic hydroxyl groups excluding tert-OH is 3. The van der Waals surface area contributed by atoms with E-state index in [0.717, 1.165) is 5.56 Å². The van der Waals surface area contributed by atoms with Crippen LogP contribution in [0, 0.1) is 0 Å². The van der Waals surface area contributed by atoms with Gasteiger partial charge in [0.25, 0.3) is 0 Å². The summed E-state index contributed by atoms with van der Waals surface area (Å²) in [6.07, 6.45) is -1.73. The number of carbonyl (C=O) groups is 1. The van der Waals surface area contributed by atoms with Crippen molar-refractivity contribution in [2.24, 2.45) is 5.14 Å². The molecule has 53 heavy (non-hydrogen) atoms. The average Bonchev–Trinajstić information content (AvgIpc) is 3.95. The maximum Gasteiger partial charge on any atom is 0.319 e. The van der Waals surface area contributed by atoms with Gasteiger partial charge in [0.1, 0.15) is 18.3 Å². The van der Waals surface area contributed by atoms with E-state index in [-0.39, 0.29) is 34.9 Å². The van der Waals surface area contributed by atoms with Crippen LogP contribution in [0.25, 0.3) is 11.2 Å². The lowest BCUT2D eigenvalue weighted by Crippen LogP contribution is -2.40. The smallest absolute Gasteiger partial charge is 0.319 e. The molecule has 0 saturated carbocycles. The number of hydrogen-bond acceptors (Lipinski definition) is 14. The van der Waals surface area contributed by atoms with Crippen molar-refractivity contribution < 1.29 is 37.8 Å². The van der Waals surface area contributed by atoms with E-state index >= 15 is 0 Å². The van der Waals surface area contributed by atoms with E-state index in [1.54, 1.807) is 12.1 Å². The van der Waals surface area contributed by atoms with Crippen LogP contribution in [0.2, 0.25) is 0 Å². The largest absolute Gasteiger partial charge is 0.394 e. The number of amides is 2. The highest BCUT2D eigenvalue weighted by Gasteiger charge is 2.47. The van der Waals surface area contributed by atoms with Crippen molar-refractivity contribution in [3.05, 3.63) is 84.0 Å². The third-order valence-electron chi connectivity index (χ3n) is 9.25. The third kappa shape index (κ3) is 7.80. The second kappa shape index (κ2) is 15.0. The zero-order valence-electron chi connectivity index (χ0n) is 28.6. The van der Waals surface area contributed by atoms with Crippen LogP contribution in [0.4, 0.5) is 22.2 Å². The molecule has 0 aliphatic carbocycles. The third-order valence-corrected chi connectivity index (χ3v) is 10.2. The van der Waals surface area contributed by atoms with Gasteiger partial charge in [-0.15, -0.1) is 0 Å². The first-order valence-electron chi connectivity index (χ1n) is 17.1. The number of sulfonamides is 1. The van der Waals surface area contributed by atoms with Crippen molar-refractivity contribution in [3.63, 3.8) is 0 Å². The summed E-state index contributed by atoms with van der Waals surface area (Å²) in [5, 5.41) is 50.6. The minimum Gasteiger partial charge on any atom is -0.394 e. The quantitative estimate of drug-likeness (QED) is 0.0953. The number of nitrogens with two attached hydrogens (primary N) is 1. The number of anilines is 3. The summed E-state index contributed by atoms with van der Waals surface area (Å²) in [6, 6.07) is 15.7. The summed E-state index contributed by atoms with van der Waals surface area (Å²) >= 11 is 0. The molecule has 0 radical (unpaired) electrons. The predicted molar refractivity (Wildman–Crippen MR) is 191 cm³/mol. The zero-order chi connectivity index (χ0) is 37.3. The molecular formula is C34H40N10O8S. The number of urea groups is 1. The topological polar surface area (TPSA) is 256 Å². The summed E-state index contributed by atoms with van der Waals surface area (Å²) < 4.78 is 36.6. The number of benzene rings is 2. The van der Waals surface area contributed by atoms with E-state index in [0.29, 0.717) is 55.0 Å². The van der Waals surface area contributed by atoms with Crippen LogP contribution in [-0.2, 0) is 27.6 Å². The number of aryl methyl sites for hydroxylation is 1. The van der Waals surface area contributed by atoms with Gasteiger partial charge in [-0.2, -0.15) is 9.97 Å². The lowest BCUT2D eigenvalue weighted by molar-refractivity contribution is -0.0434. The van der Waals surface area contributed by atoms with E-state index in [1.165, 1.54) is 29.1 Å². The first-order valence-corrected chi connectivity index (χ1v) is 18.6. The average molecular weight is 749 g/mol. The van der Waals surface area contributed by atoms with Crippen molar-refractivity contribution in [2.75, 3.05) is 35.2 Å². The number of hydrogen-bond donors (Lipinski definition) is 7. The van der Waals surface area contributed by atoms with Gasteiger partial charge in [0.05, 0.1) is 29.6 Å². The van der Waals surface area contributed by atoms with Gasteiger partial charge in [0, 0.05) is 30.9 Å². The minimum absolute atomic E-state index is 0.130. The lowest BCUT2D eigenvalue weighted by atomic mass is 10.1. The highest BCUT2D eigenvalue weighted by molar-refractivity contribution is 7.89. The molecule has 6 atom stereocenters. The highest BCUT2D eigenvalue weighted by Crippen LogP contribution is 2.40. The van der Waals surface area contributed by atoms with Crippen molar-refractivity contribution in [1.29, 1.82) is 0 Å². The Bertz CT molecular complexity index is 2180. The molecule has 280 valence electrons. The number of nitrogens with zero attached hydrogens (tertiary/aromatic N) is 6. The normalized spacial score (nSPS) is 22.3.